The Hall–Kier alpha value is -1.79. The summed E-state index contributed by atoms with van der Waals surface area (Å²) in [5, 5.41) is 4.64. The van der Waals surface area contributed by atoms with Crippen molar-refractivity contribution in [1.82, 2.24) is 19.6 Å². The molecule has 0 bridgehead atoms. The highest BCUT2D eigenvalue weighted by molar-refractivity contribution is 5.19. The predicted molar refractivity (Wildman–Crippen MR) is 110 cm³/mol. The second-order valence-electron chi connectivity index (χ2n) is 8.99. The molecule has 29 heavy (non-hydrogen) atoms. The zero-order valence-electron chi connectivity index (χ0n) is 17.6. The Morgan fingerprint density at radius 3 is 2.59 bits per heavy atom. The molecule has 0 aliphatic carbocycles. The Balaban J connectivity index is 1.38. The molecule has 3 heterocycles. The van der Waals surface area contributed by atoms with Crippen molar-refractivity contribution in [3.05, 3.63) is 52.9 Å². The maximum Gasteiger partial charge on any atom is 0.163 e. The molecule has 158 valence electrons. The molecule has 0 radical (unpaired) electrons. The molecule has 2 aromatic rings. The van der Waals surface area contributed by atoms with Crippen molar-refractivity contribution in [1.29, 1.82) is 0 Å². The number of rotatable bonds is 6. The maximum absolute atomic E-state index is 14.1. The zero-order chi connectivity index (χ0) is 20.4. The van der Waals surface area contributed by atoms with E-state index in [1.165, 1.54) is 24.5 Å². The molecule has 4 rings (SSSR count). The molecule has 0 N–H and O–H groups in total. The molecule has 2 saturated heterocycles. The Kier molecular flexibility index (Phi) is 6.02. The van der Waals surface area contributed by atoms with Gasteiger partial charge in [0.2, 0.25) is 0 Å². The van der Waals surface area contributed by atoms with Gasteiger partial charge in [0.1, 0.15) is 0 Å². The van der Waals surface area contributed by atoms with Crippen LogP contribution in [0.3, 0.4) is 0 Å². The fraction of sp³-hybridized carbons (Fsp3) is 0.609. The minimum atomic E-state index is -0.750. The number of nitrogens with zero attached hydrogens (tertiary/aromatic N) is 4. The van der Waals surface area contributed by atoms with Gasteiger partial charge in [0.25, 0.3) is 0 Å². The van der Waals surface area contributed by atoms with E-state index in [2.05, 4.69) is 39.6 Å². The van der Waals surface area contributed by atoms with E-state index in [0.717, 1.165) is 57.8 Å². The highest BCUT2D eigenvalue weighted by atomic mass is 19.2. The molecule has 6 heteroatoms. The molecular weight excluding hydrogens is 370 g/mol. The van der Waals surface area contributed by atoms with Crippen molar-refractivity contribution in [2.75, 3.05) is 26.2 Å². The number of aryl methyl sites for hydroxylation is 2. The van der Waals surface area contributed by atoms with Crippen LogP contribution in [-0.4, -0.2) is 45.8 Å². The monoisotopic (exact) mass is 402 g/mol. The number of likely N-dealkylation sites (tertiary alicyclic amines) is 2. The second-order valence-corrected chi connectivity index (χ2v) is 8.99. The molecule has 1 atom stereocenters. The van der Waals surface area contributed by atoms with E-state index in [9.17, 15) is 8.78 Å². The minimum absolute atomic E-state index is 0.273. The lowest BCUT2D eigenvalue weighted by Gasteiger charge is -2.40. The summed E-state index contributed by atoms with van der Waals surface area (Å²) in [5.74, 6) is -1.44. The van der Waals surface area contributed by atoms with Crippen LogP contribution in [0.5, 0.6) is 0 Å². The lowest BCUT2D eigenvalue weighted by Crippen LogP contribution is -2.44. The van der Waals surface area contributed by atoms with Gasteiger partial charge in [0.05, 0.1) is 5.69 Å². The van der Waals surface area contributed by atoms with Crippen LogP contribution in [0, 0.1) is 24.0 Å². The van der Waals surface area contributed by atoms with Gasteiger partial charge in [0, 0.05) is 50.0 Å². The summed E-state index contributed by atoms with van der Waals surface area (Å²) in [5.41, 5.74) is 3.20. The zero-order valence-corrected chi connectivity index (χ0v) is 17.6. The summed E-state index contributed by atoms with van der Waals surface area (Å²) in [6.07, 6.45) is 6.81. The smallest absolute Gasteiger partial charge is 0.163 e. The average molecular weight is 403 g/mol. The Morgan fingerprint density at radius 2 is 1.79 bits per heavy atom. The number of aromatic nitrogens is 2. The van der Waals surface area contributed by atoms with E-state index in [-0.39, 0.29) is 5.41 Å². The third-order valence-electron chi connectivity index (χ3n) is 6.58. The summed E-state index contributed by atoms with van der Waals surface area (Å²) in [4.78, 5) is 4.86. The van der Waals surface area contributed by atoms with Crippen LogP contribution < -0.4 is 0 Å². The summed E-state index contributed by atoms with van der Waals surface area (Å²) in [7, 11) is 0. The van der Waals surface area contributed by atoms with E-state index >= 15 is 0 Å². The molecule has 0 saturated carbocycles. The fourth-order valence-corrected chi connectivity index (χ4v) is 5.15. The van der Waals surface area contributed by atoms with Gasteiger partial charge in [0.15, 0.2) is 11.6 Å². The van der Waals surface area contributed by atoms with Gasteiger partial charge in [-0.25, -0.2) is 8.78 Å². The third kappa shape index (κ3) is 4.53. The largest absolute Gasteiger partial charge is 0.298 e. The van der Waals surface area contributed by atoms with Gasteiger partial charge >= 0.3 is 0 Å². The van der Waals surface area contributed by atoms with Crippen LogP contribution in [0.4, 0.5) is 8.78 Å². The first-order valence-corrected chi connectivity index (χ1v) is 10.9. The van der Waals surface area contributed by atoms with Crippen molar-refractivity contribution in [3.63, 3.8) is 0 Å². The number of benzene rings is 1. The number of hydrogen-bond acceptors (Lipinski definition) is 3. The first-order valence-electron chi connectivity index (χ1n) is 10.9. The van der Waals surface area contributed by atoms with Crippen molar-refractivity contribution in [2.24, 2.45) is 5.41 Å². The summed E-state index contributed by atoms with van der Waals surface area (Å²) < 4.78 is 29.7. The molecule has 2 fully saturated rings. The molecule has 0 amide bonds. The van der Waals surface area contributed by atoms with Crippen molar-refractivity contribution < 1.29 is 8.78 Å². The Labute approximate surface area is 172 Å². The van der Waals surface area contributed by atoms with Gasteiger partial charge in [-0.1, -0.05) is 19.1 Å². The van der Waals surface area contributed by atoms with Crippen LogP contribution in [-0.2, 0) is 19.6 Å². The van der Waals surface area contributed by atoms with E-state index in [1.807, 2.05) is 0 Å². The lowest BCUT2D eigenvalue weighted by molar-refractivity contribution is 0.0856. The molecule has 1 aromatic carbocycles. The van der Waals surface area contributed by atoms with E-state index in [4.69, 9.17) is 0 Å². The minimum Gasteiger partial charge on any atom is -0.298 e. The molecule has 2 aliphatic heterocycles. The van der Waals surface area contributed by atoms with E-state index in [1.54, 1.807) is 12.1 Å². The van der Waals surface area contributed by atoms with Gasteiger partial charge in [-0.15, -0.1) is 0 Å². The molecular formula is C23H32F2N4. The van der Waals surface area contributed by atoms with Crippen LogP contribution in [0.25, 0.3) is 0 Å². The maximum atomic E-state index is 14.1. The highest BCUT2D eigenvalue weighted by Crippen LogP contribution is 2.40. The van der Waals surface area contributed by atoms with Gasteiger partial charge in [-0.05, 0) is 57.2 Å². The van der Waals surface area contributed by atoms with E-state index < -0.39 is 11.6 Å². The number of hydrogen-bond donors (Lipinski definition) is 0. The van der Waals surface area contributed by atoms with Crippen LogP contribution in [0.15, 0.2) is 24.4 Å². The summed E-state index contributed by atoms with van der Waals surface area (Å²) in [6, 6.07) is 4.50. The number of halogens is 2. The highest BCUT2D eigenvalue weighted by Gasteiger charge is 2.41. The standard InChI is InChI=1S/C23H32F2N4/c1-3-10-29-15-20(18(2)26-29)14-28-12-9-23(17-28)8-5-11-27(16-23)13-19-6-4-7-21(24)22(19)25/h4,6-7,15H,3,5,8-14,16-17H2,1-2H3. The third-order valence-corrected chi connectivity index (χ3v) is 6.58. The molecule has 2 aliphatic rings. The molecule has 1 unspecified atom stereocenters. The van der Waals surface area contributed by atoms with Crippen molar-refractivity contribution in [2.45, 2.75) is 59.2 Å². The quantitative estimate of drug-likeness (QED) is 0.717. The number of piperidine rings is 1. The molecule has 1 spiro atoms. The average Bonchev–Trinajstić information content (AvgIpc) is 3.23. The second kappa shape index (κ2) is 8.52. The van der Waals surface area contributed by atoms with Crippen LogP contribution in [0.2, 0.25) is 0 Å². The van der Waals surface area contributed by atoms with Crippen molar-refractivity contribution in [3.8, 4) is 0 Å². The molecule has 1 aromatic heterocycles. The SMILES string of the molecule is CCCn1cc(CN2CCC3(CCCN(Cc4cccc(F)c4F)C3)C2)c(C)n1. The van der Waals surface area contributed by atoms with Crippen LogP contribution >= 0.6 is 0 Å². The van der Waals surface area contributed by atoms with Crippen LogP contribution in [0.1, 0.15) is 49.4 Å². The Bertz CT molecular complexity index is 849. The summed E-state index contributed by atoms with van der Waals surface area (Å²) >= 11 is 0. The summed E-state index contributed by atoms with van der Waals surface area (Å²) in [6.45, 7) is 10.8. The fourth-order valence-electron chi connectivity index (χ4n) is 5.15. The molecule has 4 nitrogen and oxygen atoms in total. The van der Waals surface area contributed by atoms with Gasteiger partial charge < -0.3 is 0 Å². The topological polar surface area (TPSA) is 24.3 Å². The van der Waals surface area contributed by atoms with Gasteiger partial charge in [-0.2, -0.15) is 5.10 Å². The van der Waals surface area contributed by atoms with Crippen molar-refractivity contribution >= 4 is 0 Å². The lowest BCUT2D eigenvalue weighted by atomic mass is 9.79. The predicted octanol–water partition coefficient (Wildman–Crippen LogP) is 4.37. The normalized spacial score (nSPS) is 23.3. The Morgan fingerprint density at radius 1 is 1.03 bits per heavy atom. The first kappa shape index (κ1) is 20.5. The van der Waals surface area contributed by atoms with E-state index in [0.29, 0.717) is 12.1 Å². The first-order chi connectivity index (χ1) is 14.0. The van der Waals surface area contributed by atoms with Gasteiger partial charge in [-0.3, -0.25) is 14.5 Å².